The molecule has 0 saturated carbocycles. The van der Waals surface area contributed by atoms with E-state index in [1.165, 1.54) is 12.3 Å². The Hall–Kier alpha value is -3.03. The van der Waals surface area contributed by atoms with Crippen molar-refractivity contribution in [2.75, 3.05) is 18.4 Å². The SMILES string of the molecule is Cc1cccc(C(=O)N2CC[C@H](Nc3ccc([N+](=O)[O-])cn3)C2)n1. The van der Waals surface area contributed by atoms with Crippen LogP contribution in [0.5, 0.6) is 0 Å². The Morgan fingerprint density at radius 3 is 2.88 bits per heavy atom. The second-order valence-corrected chi connectivity index (χ2v) is 5.70. The van der Waals surface area contributed by atoms with Crippen LogP contribution < -0.4 is 5.32 Å². The summed E-state index contributed by atoms with van der Waals surface area (Å²) < 4.78 is 0. The summed E-state index contributed by atoms with van der Waals surface area (Å²) in [6.07, 6.45) is 2.01. The highest BCUT2D eigenvalue weighted by Gasteiger charge is 2.27. The van der Waals surface area contributed by atoms with E-state index in [1.54, 1.807) is 17.0 Å². The van der Waals surface area contributed by atoms with Crippen LogP contribution in [0, 0.1) is 17.0 Å². The first-order valence-corrected chi connectivity index (χ1v) is 7.63. The van der Waals surface area contributed by atoms with Crippen molar-refractivity contribution in [3.8, 4) is 0 Å². The van der Waals surface area contributed by atoms with Crippen molar-refractivity contribution in [1.82, 2.24) is 14.9 Å². The van der Waals surface area contributed by atoms with Gasteiger partial charge in [-0.15, -0.1) is 0 Å². The van der Waals surface area contributed by atoms with E-state index in [9.17, 15) is 14.9 Å². The number of carbonyl (C=O) groups is 1. The third-order valence-electron chi connectivity index (χ3n) is 3.89. The van der Waals surface area contributed by atoms with Crippen LogP contribution in [-0.2, 0) is 0 Å². The number of pyridine rings is 2. The van der Waals surface area contributed by atoms with Gasteiger partial charge in [0.15, 0.2) is 0 Å². The van der Waals surface area contributed by atoms with Gasteiger partial charge in [0, 0.05) is 30.9 Å². The number of hydrogen-bond acceptors (Lipinski definition) is 6. The van der Waals surface area contributed by atoms with E-state index in [0.717, 1.165) is 12.1 Å². The number of hydrogen-bond donors (Lipinski definition) is 1. The molecule has 1 saturated heterocycles. The average Bonchev–Trinajstić information content (AvgIpc) is 3.03. The molecule has 1 fully saturated rings. The first-order chi connectivity index (χ1) is 11.5. The van der Waals surface area contributed by atoms with Gasteiger partial charge in [-0.25, -0.2) is 9.97 Å². The molecule has 1 N–H and O–H groups in total. The molecule has 0 spiro atoms. The lowest BCUT2D eigenvalue weighted by molar-refractivity contribution is -0.385. The number of carbonyl (C=O) groups excluding carboxylic acids is 1. The Balaban J connectivity index is 1.61. The van der Waals surface area contributed by atoms with Crippen LogP contribution in [0.4, 0.5) is 11.5 Å². The van der Waals surface area contributed by atoms with Crippen LogP contribution in [-0.4, -0.2) is 44.8 Å². The minimum atomic E-state index is -0.485. The van der Waals surface area contributed by atoms with E-state index in [0.29, 0.717) is 24.6 Å². The normalized spacial score (nSPS) is 16.9. The van der Waals surface area contributed by atoms with E-state index in [2.05, 4.69) is 15.3 Å². The number of aryl methyl sites for hydroxylation is 1. The maximum atomic E-state index is 12.5. The van der Waals surface area contributed by atoms with Crippen LogP contribution in [0.15, 0.2) is 36.5 Å². The fraction of sp³-hybridized carbons (Fsp3) is 0.312. The van der Waals surface area contributed by atoms with Gasteiger partial charge in [-0.05, 0) is 31.5 Å². The van der Waals surface area contributed by atoms with E-state index >= 15 is 0 Å². The molecule has 0 unspecified atom stereocenters. The number of nitrogens with zero attached hydrogens (tertiary/aromatic N) is 4. The monoisotopic (exact) mass is 327 g/mol. The van der Waals surface area contributed by atoms with Crippen LogP contribution in [0.2, 0.25) is 0 Å². The Labute approximate surface area is 138 Å². The first kappa shape index (κ1) is 15.9. The third kappa shape index (κ3) is 3.48. The number of amides is 1. The van der Waals surface area contributed by atoms with Crippen LogP contribution in [0.3, 0.4) is 0 Å². The van der Waals surface area contributed by atoms with E-state index in [1.807, 2.05) is 19.1 Å². The van der Waals surface area contributed by atoms with Crippen molar-refractivity contribution in [1.29, 1.82) is 0 Å². The molecular weight excluding hydrogens is 310 g/mol. The maximum absolute atomic E-state index is 12.5. The molecule has 24 heavy (non-hydrogen) atoms. The second-order valence-electron chi connectivity index (χ2n) is 5.70. The van der Waals surface area contributed by atoms with Gasteiger partial charge >= 0.3 is 0 Å². The molecule has 0 radical (unpaired) electrons. The molecule has 3 rings (SSSR count). The predicted octanol–water partition coefficient (Wildman–Crippen LogP) is 2.02. The van der Waals surface area contributed by atoms with E-state index in [4.69, 9.17) is 0 Å². The molecule has 3 heterocycles. The minimum Gasteiger partial charge on any atom is -0.365 e. The summed E-state index contributed by atoms with van der Waals surface area (Å²) in [7, 11) is 0. The molecule has 1 atom stereocenters. The van der Waals surface area contributed by atoms with Gasteiger partial charge in [-0.1, -0.05) is 6.07 Å². The smallest absolute Gasteiger partial charge is 0.287 e. The number of likely N-dealkylation sites (tertiary alicyclic amines) is 1. The van der Waals surface area contributed by atoms with Crippen molar-refractivity contribution < 1.29 is 9.72 Å². The zero-order valence-corrected chi connectivity index (χ0v) is 13.2. The molecule has 8 heteroatoms. The zero-order valence-electron chi connectivity index (χ0n) is 13.2. The Kier molecular flexibility index (Phi) is 4.37. The fourth-order valence-corrected chi connectivity index (χ4v) is 2.68. The number of anilines is 1. The average molecular weight is 327 g/mol. The quantitative estimate of drug-likeness (QED) is 0.681. The number of nitrogens with one attached hydrogen (secondary N) is 1. The van der Waals surface area contributed by atoms with Crippen LogP contribution in [0.1, 0.15) is 22.6 Å². The standard InChI is InChI=1S/C16H17N5O3/c1-11-3-2-4-14(18-11)16(22)20-8-7-12(10-20)19-15-6-5-13(9-17-15)21(23)24/h2-6,9,12H,7-8,10H2,1H3,(H,17,19)/t12-/m0/s1. The Morgan fingerprint density at radius 1 is 1.38 bits per heavy atom. The summed E-state index contributed by atoms with van der Waals surface area (Å²) in [6.45, 7) is 3.04. The highest BCUT2D eigenvalue weighted by molar-refractivity contribution is 5.92. The molecule has 1 aliphatic rings. The predicted molar refractivity (Wildman–Crippen MR) is 87.8 cm³/mol. The molecule has 1 aliphatic heterocycles. The van der Waals surface area contributed by atoms with E-state index < -0.39 is 4.92 Å². The molecule has 2 aromatic heterocycles. The molecule has 2 aromatic rings. The van der Waals surface area contributed by atoms with Crippen molar-refractivity contribution in [2.24, 2.45) is 0 Å². The van der Waals surface area contributed by atoms with E-state index in [-0.39, 0.29) is 17.6 Å². The highest BCUT2D eigenvalue weighted by atomic mass is 16.6. The fourth-order valence-electron chi connectivity index (χ4n) is 2.68. The van der Waals surface area contributed by atoms with Crippen molar-refractivity contribution in [2.45, 2.75) is 19.4 Å². The molecule has 0 aromatic carbocycles. The maximum Gasteiger partial charge on any atom is 0.287 e. The Bertz CT molecular complexity index is 763. The molecule has 124 valence electrons. The van der Waals surface area contributed by atoms with Crippen molar-refractivity contribution in [3.63, 3.8) is 0 Å². The summed E-state index contributed by atoms with van der Waals surface area (Å²) >= 11 is 0. The van der Waals surface area contributed by atoms with Gasteiger partial charge in [-0.3, -0.25) is 14.9 Å². The van der Waals surface area contributed by atoms with Crippen molar-refractivity contribution in [3.05, 3.63) is 58.0 Å². The number of aromatic nitrogens is 2. The van der Waals surface area contributed by atoms with Gasteiger partial charge in [0.25, 0.3) is 11.6 Å². The van der Waals surface area contributed by atoms with Gasteiger partial charge < -0.3 is 10.2 Å². The topological polar surface area (TPSA) is 101 Å². The molecule has 0 aliphatic carbocycles. The first-order valence-electron chi connectivity index (χ1n) is 7.63. The third-order valence-corrected chi connectivity index (χ3v) is 3.89. The Morgan fingerprint density at radius 2 is 2.21 bits per heavy atom. The summed E-state index contributed by atoms with van der Waals surface area (Å²) in [5.41, 5.74) is 1.21. The molecular formula is C16H17N5O3. The lowest BCUT2D eigenvalue weighted by Gasteiger charge is -2.17. The van der Waals surface area contributed by atoms with Crippen LogP contribution in [0.25, 0.3) is 0 Å². The molecule has 8 nitrogen and oxygen atoms in total. The summed E-state index contributed by atoms with van der Waals surface area (Å²) in [4.78, 5) is 32.7. The second kappa shape index (κ2) is 6.61. The van der Waals surface area contributed by atoms with Crippen LogP contribution >= 0.6 is 0 Å². The summed E-state index contributed by atoms with van der Waals surface area (Å²) in [6, 6.07) is 8.43. The summed E-state index contributed by atoms with van der Waals surface area (Å²) in [5, 5.41) is 13.8. The number of nitro groups is 1. The van der Waals surface area contributed by atoms with Gasteiger partial charge in [0.2, 0.25) is 0 Å². The lowest BCUT2D eigenvalue weighted by Crippen LogP contribution is -2.32. The van der Waals surface area contributed by atoms with Gasteiger partial charge in [-0.2, -0.15) is 0 Å². The largest absolute Gasteiger partial charge is 0.365 e. The van der Waals surface area contributed by atoms with Gasteiger partial charge in [0.05, 0.1) is 4.92 Å². The zero-order chi connectivity index (χ0) is 17.1. The van der Waals surface area contributed by atoms with Gasteiger partial charge in [0.1, 0.15) is 17.7 Å². The lowest BCUT2D eigenvalue weighted by atomic mass is 10.2. The molecule has 0 bridgehead atoms. The highest BCUT2D eigenvalue weighted by Crippen LogP contribution is 2.18. The summed E-state index contributed by atoms with van der Waals surface area (Å²) in [5.74, 6) is 0.480. The number of rotatable bonds is 4. The van der Waals surface area contributed by atoms with Crippen molar-refractivity contribution >= 4 is 17.4 Å². The minimum absolute atomic E-state index is 0.0469. The molecule has 1 amide bonds.